The molecule has 0 radical (unpaired) electrons. The van der Waals surface area contributed by atoms with Gasteiger partial charge in [-0.15, -0.1) is 0 Å². The Balaban J connectivity index is 1.54. The first-order valence-corrected chi connectivity index (χ1v) is 5.73. The molecule has 0 bridgehead atoms. The molecule has 2 rings (SSSR count). The number of H-pyrrole nitrogens is 1. The first-order valence-electron chi connectivity index (χ1n) is 5.73. The van der Waals surface area contributed by atoms with Crippen molar-refractivity contribution in [3.05, 3.63) is 12.2 Å². The van der Waals surface area contributed by atoms with E-state index >= 15 is 0 Å². The van der Waals surface area contributed by atoms with Gasteiger partial charge in [-0.05, 0) is 32.4 Å². The van der Waals surface area contributed by atoms with Gasteiger partial charge in [-0.3, -0.25) is 5.10 Å². The number of piperidine rings is 1. The summed E-state index contributed by atoms with van der Waals surface area (Å²) in [5.41, 5.74) is 0. The van der Waals surface area contributed by atoms with Crippen molar-refractivity contribution in [3.8, 4) is 0 Å². The monoisotopic (exact) mass is 209 g/mol. The Kier molecular flexibility index (Phi) is 4.11. The molecule has 1 saturated heterocycles. The van der Waals surface area contributed by atoms with E-state index in [-0.39, 0.29) is 0 Å². The third-order valence-corrected chi connectivity index (χ3v) is 2.79. The van der Waals surface area contributed by atoms with E-state index in [1.54, 1.807) is 6.33 Å². The Hall–Kier alpha value is -0.940. The number of hydrogen-bond donors (Lipinski definition) is 3. The molecule has 2 heterocycles. The first kappa shape index (κ1) is 10.6. The topological polar surface area (TPSA) is 65.6 Å². The minimum Gasteiger partial charge on any atom is -0.315 e. The van der Waals surface area contributed by atoms with Crippen LogP contribution in [0.25, 0.3) is 0 Å². The highest BCUT2D eigenvalue weighted by molar-refractivity contribution is 4.81. The maximum Gasteiger partial charge on any atom is 0.137 e. The van der Waals surface area contributed by atoms with Gasteiger partial charge in [0.25, 0.3) is 0 Å². The van der Waals surface area contributed by atoms with Gasteiger partial charge in [0.15, 0.2) is 0 Å². The van der Waals surface area contributed by atoms with Crippen LogP contribution >= 0.6 is 0 Å². The lowest BCUT2D eigenvalue weighted by Crippen LogP contribution is -2.43. The van der Waals surface area contributed by atoms with Crippen molar-refractivity contribution in [2.45, 2.75) is 31.7 Å². The normalized spacial score (nSPS) is 21.7. The lowest BCUT2D eigenvalue weighted by Gasteiger charge is -2.23. The van der Waals surface area contributed by atoms with Gasteiger partial charge in [0.1, 0.15) is 12.2 Å². The summed E-state index contributed by atoms with van der Waals surface area (Å²) in [5, 5.41) is 13.7. The molecular formula is C10H19N5. The zero-order chi connectivity index (χ0) is 10.3. The highest BCUT2D eigenvalue weighted by Crippen LogP contribution is 2.01. The minimum absolute atomic E-state index is 0.661. The number of aryl methyl sites for hydroxylation is 1. The van der Waals surface area contributed by atoms with Gasteiger partial charge in [0, 0.05) is 19.0 Å². The highest BCUT2D eigenvalue weighted by Gasteiger charge is 2.11. The third-order valence-electron chi connectivity index (χ3n) is 2.79. The van der Waals surface area contributed by atoms with Crippen LogP contribution in [0.5, 0.6) is 0 Å². The van der Waals surface area contributed by atoms with E-state index in [1.807, 2.05) is 0 Å². The quantitative estimate of drug-likeness (QED) is 0.601. The van der Waals surface area contributed by atoms with Crippen molar-refractivity contribution in [2.24, 2.45) is 0 Å². The predicted octanol–water partition coefficient (Wildman–Crippen LogP) is 0.0789. The molecule has 0 aromatic carbocycles. The van der Waals surface area contributed by atoms with E-state index in [2.05, 4.69) is 25.8 Å². The van der Waals surface area contributed by atoms with E-state index in [9.17, 15) is 0 Å². The Labute approximate surface area is 90.1 Å². The average Bonchev–Trinajstić information content (AvgIpc) is 2.79. The highest BCUT2D eigenvalue weighted by atomic mass is 15.2. The number of hydrogen-bond acceptors (Lipinski definition) is 4. The Morgan fingerprint density at radius 3 is 3.27 bits per heavy atom. The van der Waals surface area contributed by atoms with Gasteiger partial charge in [-0.1, -0.05) is 0 Å². The van der Waals surface area contributed by atoms with Crippen LogP contribution in [0.4, 0.5) is 0 Å². The molecule has 3 N–H and O–H groups in total. The second kappa shape index (κ2) is 5.82. The van der Waals surface area contributed by atoms with E-state index in [0.29, 0.717) is 6.04 Å². The fourth-order valence-electron chi connectivity index (χ4n) is 1.94. The van der Waals surface area contributed by atoms with Crippen molar-refractivity contribution >= 4 is 0 Å². The first-order chi connectivity index (χ1) is 7.45. The maximum atomic E-state index is 4.09. The second-order valence-corrected chi connectivity index (χ2v) is 4.03. The van der Waals surface area contributed by atoms with Crippen LogP contribution in [0.1, 0.15) is 25.1 Å². The number of aromatic amines is 1. The molecule has 5 heteroatoms. The fourth-order valence-corrected chi connectivity index (χ4v) is 1.94. The van der Waals surface area contributed by atoms with Crippen LogP contribution in [-0.2, 0) is 6.42 Å². The smallest absolute Gasteiger partial charge is 0.137 e. The van der Waals surface area contributed by atoms with E-state index < -0.39 is 0 Å². The summed E-state index contributed by atoms with van der Waals surface area (Å²) in [7, 11) is 0. The Bertz CT molecular complexity index is 253. The van der Waals surface area contributed by atoms with Gasteiger partial charge >= 0.3 is 0 Å². The molecule has 0 aliphatic carbocycles. The molecule has 1 fully saturated rings. The van der Waals surface area contributed by atoms with Gasteiger partial charge in [0.05, 0.1) is 0 Å². The largest absolute Gasteiger partial charge is 0.315 e. The molecule has 0 saturated carbocycles. The lowest BCUT2D eigenvalue weighted by molar-refractivity contribution is 0.388. The van der Waals surface area contributed by atoms with Gasteiger partial charge < -0.3 is 10.6 Å². The summed E-state index contributed by atoms with van der Waals surface area (Å²) in [5.74, 6) is 0.985. The van der Waals surface area contributed by atoms with Crippen LogP contribution < -0.4 is 10.6 Å². The van der Waals surface area contributed by atoms with Gasteiger partial charge in [0.2, 0.25) is 0 Å². The van der Waals surface area contributed by atoms with Crippen LogP contribution in [0.3, 0.4) is 0 Å². The fraction of sp³-hybridized carbons (Fsp3) is 0.800. The molecular weight excluding hydrogens is 190 g/mol. The van der Waals surface area contributed by atoms with E-state index in [4.69, 9.17) is 0 Å². The average molecular weight is 209 g/mol. The molecule has 1 aliphatic rings. The molecule has 1 aliphatic heterocycles. The molecule has 1 atom stereocenters. The molecule has 0 spiro atoms. The van der Waals surface area contributed by atoms with Crippen LogP contribution in [0, 0.1) is 0 Å². The van der Waals surface area contributed by atoms with Crippen LogP contribution in [0.15, 0.2) is 6.33 Å². The summed E-state index contributed by atoms with van der Waals surface area (Å²) in [6.45, 7) is 3.35. The molecule has 1 aromatic heterocycles. The van der Waals surface area contributed by atoms with Crippen molar-refractivity contribution in [3.63, 3.8) is 0 Å². The summed E-state index contributed by atoms with van der Waals surface area (Å²) < 4.78 is 0. The standard InChI is InChI=1S/C10H19N5/c1-3-9(7-11-5-1)12-6-2-4-10-13-8-14-15-10/h8-9,11-12H,1-7H2,(H,13,14,15). The van der Waals surface area contributed by atoms with E-state index in [0.717, 1.165) is 31.8 Å². The van der Waals surface area contributed by atoms with Crippen molar-refractivity contribution < 1.29 is 0 Å². The molecule has 15 heavy (non-hydrogen) atoms. The SMILES string of the molecule is c1n[nH]c(CCCNC2CCCNC2)n1. The Morgan fingerprint density at radius 2 is 2.53 bits per heavy atom. The maximum absolute atomic E-state index is 4.09. The molecule has 1 unspecified atom stereocenters. The van der Waals surface area contributed by atoms with E-state index in [1.165, 1.54) is 19.4 Å². The number of nitrogens with one attached hydrogen (secondary N) is 3. The van der Waals surface area contributed by atoms with Crippen molar-refractivity contribution in [1.82, 2.24) is 25.8 Å². The summed E-state index contributed by atoms with van der Waals surface area (Å²) >= 11 is 0. The van der Waals surface area contributed by atoms with Crippen molar-refractivity contribution in [1.29, 1.82) is 0 Å². The summed E-state index contributed by atoms with van der Waals surface area (Å²) in [4.78, 5) is 4.09. The summed E-state index contributed by atoms with van der Waals surface area (Å²) in [6, 6.07) is 0.661. The number of aromatic nitrogens is 3. The van der Waals surface area contributed by atoms with Crippen LogP contribution in [-0.4, -0.2) is 40.9 Å². The van der Waals surface area contributed by atoms with Gasteiger partial charge in [-0.2, -0.15) is 5.10 Å². The predicted molar refractivity (Wildman–Crippen MR) is 58.6 cm³/mol. The lowest BCUT2D eigenvalue weighted by atomic mass is 10.1. The molecule has 5 nitrogen and oxygen atoms in total. The zero-order valence-corrected chi connectivity index (χ0v) is 9.00. The van der Waals surface area contributed by atoms with Gasteiger partial charge in [-0.25, -0.2) is 4.98 Å². The van der Waals surface area contributed by atoms with Crippen molar-refractivity contribution in [2.75, 3.05) is 19.6 Å². The third kappa shape index (κ3) is 3.60. The molecule has 84 valence electrons. The zero-order valence-electron chi connectivity index (χ0n) is 9.00. The summed E-state index contributed by atoms with van der Waals surface area (Å²) in [6.07, 6.45) is 6.25. The Morgan fingerprint density at radius 1 is 1.53 bits per heavy atom. The second-order valence-electron chi connectivity index (χ2n) is 4.03. The molecule has 1 aromatic rings. The number of nitrogens with zero attached hydrogens (tertiary/aromatic N) is 2. The van der Waals surface area contributed by atoms with Crippen LogP contribution in [0.2, 0.25) is 0 Å². The molecule has 0 amide bonds. The minimum atomic E-state index is 0.661. The number of rotatable bonds is 5.